The summed E-state index contributed by atoms with van der Waals surface area (Å²) in [4.78, 5) is 10.5. The van der Waals surface area contributed by atoms with Gasteiger partial charge in [-0.25, -0.2) is 14.6 Å². The van der Waals surface area contributed by atoms with Crippen molar-refractivity contribution < 1.29 is 15.3 Å². The Balaban J connectivity index is 1.66. The molecule has 0 unspecified atom stereocenters. The number of fused-ring (bicyclic) bond motifs is 1. The maximum absolute atomic E-state index is 10.5. The second-order valence-electron chi connectivity index (χ2n) is 7.01. The molecular weight excluding hydrogens is 424 g/mol. The highest BCUT2D eigenvalue weighted by Gasteiger charge is 2.35. The van der Waals surface area contributed by atoms with Gasteiger partial charge in [0.2, 0.25) is 0 Å². The lowest BCUT2D eigenvalue weighted by Crippen LogP contribution is -2.44. The molecule has 9 nitrogen and oxygen atoms in total. The van der Waals surface area contributed by atoms with Gasteiger partial charge in [0, 0.05) is 17.2 Å². The number of thiophene rings is 1. The molecule has 11 heteroatoms. The van der Waals surface area contributed by atoms with Gasteiger partial charge in [0.1, 0.15) is 24.4 Å². The summed E-state index contributed by atoms with van der Waals surface area (Å²) in [6.07, 6.45) is 1.25. The lowest BCUT2D eigenvalue weighted by atomic mass is 9.94. The number of rotatable bonds is 8. The van der Waals surface area contributed by atoms with Gasteiger partial charge in [-0.2, -0.15) is 0 Å². The van der Waals surface area contributed by atoms with E-state index in [1.807, 2.05) is 6.07 Å². The number of anilines is 1. The fourth-order valence-electron chi connectivity index (χ4n) is 3.24. The zero-order valence-corrected chi connectivity index (χ0v) is 18.1. The maximum atomic E-state index is 10.5. The fraction of sp³-hybridized carbons (Fsp3) is 0.474. The van der Waals surface area contributed by atoms with E-state index in [1.165, 1.54) is 15.6 Å². The Morgan fingerprint density at radius 3 is 2.83 bits per heavy atom. The molecule has 3 heterocycles. The molecule has 4 atom stereocenters. The molecular formula is C19H24N6O3S2. The first-order valence-corrected chi connectivity index (χ1v) is 11.7. The summed E-state index contributed by atoms with van der Waals surface area (Å²) in [6.45, 7) is 2.78. The minimum absolute atomic E-state index is 0.472. The van der Waals surface area contributed by atoms with Crippen LogP contribution in [0.2, 0.25) is 0 Å². The van der Waals surface area contributed by atoms with Crippen LogP contribution in [0.4, 0.5) is 5.82 Å². The van der Waals surface area contributed by atoms with Crippen LogP contribution in [-0.2, 0) is 6.42 Å². The number of aliphatic hydroxyl groups is 3. The first-order valence-electron chi connectivity index (χ1n) is 9.83. The largest absolute Gasteiger partial charge is 0.388 e. The molecule has 3 aromatic heterocycles. The quantitative estimate of drug-likeness (QED) is 0.231. The average molecular weight is 449 g/mol. The van der Waals surface area contributed by atoms with Crippen molar-refractivity contribution in [2.24, 2.45) is 0 Å². The second-order valence-corrected chi connectivity index (χ2v) is 9.11. The monoisotopic (exact) mass is 448 g/mol. The Morgan fingerprint density at radius 1 is 1.20 bits per heavy atom. The Labute approximate surface area is 181 Å². The lowest BCUT2D eigenvalue weighted by Gasteiger charge is -2.30. The number of nitrogens with zero attached hydrogens (tertiary/aromatic N) is 5. The topological polar surface area (TPSA) is 129 Å². The maximum Gasteiger partial charge on any atom is 0.191 e. The minimum Gasteiger partial charge on any atom is -0.388 e. The molecule has 30 heavy (non-hydrogen) atoms. The summed E-state index contributed by atoms with van der Waals surface area (Å²) in [7, 11) is 0. The molecule has 0 spiro atoms. The van der Waals surface area contributed by atoms with Crippen LogP contribution in [-0.4, -0.2) is 70.9 Å². The molecule has 3 aromatic rings. The van der Waals surface area contributed by atoms with Crippen molar-refractivity contribution in [1.29, 1.82) is 0 Å². The highest BCUT2D eigenvalue weighted by molar-refractivity contribution is 7.99. The van der Waals surface area contributed by atoms with Crippen molar-refractivity contribution in [3.8, 4) is 0 Å². The minimum atomic E-state index is -1.31. The highest BCUT2D eigenvalue weighted by atomic mass is 32.2. The van der Waals surface area contributed by atoms with E-state index in [2.05, 4.69) is 44.0 Å². The number of aromatic nitrogens is 5. The smallest absolute Gasteiger partial charge is 0.191 e. The number of hydrogen-bond donors (Lipinski definition) is 4. The molecule has 0 aromatic carbocycles. The summed E-state index contributed by atoms with van der Waals surface area (Å²) < 4.78 is 1.48. The molecule has 0 radical (unpaired) electrons. The van der Waals surface area contributed by atoms with Gasteiger partial charge in [-0.05, 0) is 24.3 Å². The van der Waals surface area contributed by atoms with Crippen molar-refractivity contribution in [3.63, 3.8) is 0 Å². The van der Waals surface area contributed by atoms with Crippen LogP contribution in [0.3, 0.4) is 0 Å². The van der Waals surface area contributed by atoms with Crippen molar-refractivity contribution in [3.05, 3.63) is 34.5 Å². The van der Waals surface area contributed by atoms with Gasteiger partial charge in [-0.15, -0.1) is 16.4 Å². The van der Waals surface area contributed by atoms with E-state index < -0.39 is 24.4 Å². The standard InChI is InChI=1S/C19H24N6O3S2/c1-2-9-30-19-21-17(20-8-7-11-4-3-10-29-11)14-18(22-19)25(24-23-14)12-5-6-13(26)16(28)15(12)27/h3-6,10,12-13,15-16,26-28H,2,7-9H2,1H3,(H,20,21,22)/t12-,13+,15+,16-/m1/s1. The second kappa shape index (κ2) is 9.40. The summed E-state index contributed by atoms with van der Waals surface area (Å²) in [5.41, 5.74) is 0.975. The van der Waals surface area contributed by atoms with Crippen molar-refractivity contribution >= 4 is 40.1 Å². The van der Waals surface area contributed by atoms with E-state index in [0.717, 1.165) is 18.6 Å². The Bertz CT molecular complexity index is 1010. The SMILES string of the molecule is CCCSc1nc(NCCc2cccs2)c2nnn([C@@H]3C=C[C@H](O)[C@@H](O)[C@H]3O)c2n1. The third-order valence-corrected chi connectivity index (χ3v) is 6.81. The van der Waals surface area contributed by atoms with E-state index in [0.29, 0.717) is 28.7 Å². The molecule has 1 aliphatic rings. The van der Waals surface area contributed by atoms with E-state index in [4.69, 9.17) is 0 Å². The number of aliphatic hydroxyl groups excluding tert-OH is 3. The molecule has 0 saturated heterocycles. The Kier molecular flexibility index (Phi) is 6.64. The Morgan fingerprint density at radius 2 is 2.07 bits per heavy atom. The lowest BCUT2D eigenvalue weighted by molar-refractivity contribution is -0.0636. The molecule has 0 bridgehead atoms. The zero-order valence-electron chi connectivity index (χ0n) is 16.4. The highest BCUT2D eigenvalue weighted by Crippen LogP contribution is 2.29. The van der Waals surface area contributed by atoms with Gasteiger partial charge in [0.25, 0.3) is 0 Å². The number of thioether (sulfide) groups is 1. The van der Waals surface area contributed by atoms with Gasteiger partial charge in [0.05, 0.1) is 0 Å². The van der Waals surface area contributed by atoms with Crippen LogP contribution < -0.4 is 5.32 Å². The summed E-state index contributed by atoms with van der Waals surface area (Å²) in [5, 5.41) is 44.7. The Hall–Kier alpha value is -2.05. The van der Waals surface area contributed by atoms with Crippen LogP contribution in [0.5, 0.6) is 0 Å². The molecule has 0 fully saturated rings. The van der Waals surface area contributed by atoms with Crippen molar-refractivity contribution in [2.75, 3.05) is 17.6 Å². The van der Waals surface area contributed by atoms with Gasteiger partial charge in [0.15, 0.2) is 22.1 Å². The summed E-state index contributed by atoms with van der Waals surface area (Å²) in [5.74, 6) is 1.47. The zero-order chi connectivity index (χ0) is 21.1. The predicted molar refractivity (Wildman–Crippen MR) is 117 cm³/mol. The first-order chi connectivity index (χ1) is 14.6. The molecule has 0 saturated carbocycles. The van der Waals surface area contributed by atoms with Crippen LogP contribution in [0.15, 0.2) is 34.8 Å². The molecule has 1 aliphatic carbocycles. The molecule has 4 N–H and O–H groups in total. The van der Waals surface area contributed by atoms with E-state index in [-0.39, 0.29) is 0 Å². The van der Waals surface area contributed by atoms with Gasteiger partial charge in [-0.3, -0.25) is 0 Å². The number of nitrogens with one attached hydrogen (secondary N) is 1. The van der Waals surface area contributed by atoms with Crippen molar-refractivity contribution in [1.82, 2.24) is 25.0 Å². The van der Waals surface area contributed by atoms with Crippen LogP contribution in [0, 0.1) is 0 Å². The van der Waals surface area contributed by atoms with E-state index >= 15 is 0 Å². The van der Waals surface area contributed by atoms with E-state index in [9.17, 15) is 15.3 Å². The van der Waals surface area contributed by atoms with Gasteiger partial charge < -0.3 is 20.6 Å². The molecule has 0 aliphatic heterocycles. The predicted octanol–water partition coefficient (Wildman–Crippen LogP) is 1.63. The summed E-state index contributed by atoms with van der Waals surface area (Å²) >= 11 is 3.25. The van der Waals surface area contributed by atoms with Crippen LogP contribution >= 0.6 is 23.1 Å². The third kappa shape index (κ3) is 4.35. The van der Waals surface area contributed by atoms with Crippen LogP contribution in [0.25, 0.3) is 11.2 Å². The molecule has 0 amide bonds. The van der Waals surface area contributed by atoms with Gasteiger partial charge >= 0.3 is 0 Å². The van der Waals surface area contributed by atoms with Crippen molar-refractivity contribution in [2.45, 2.75) is 49.3 Å². The normalized spacial score (nSPS) is 23.9. The summed E-state index contributed by atoms with van der Waals surface area (Å²) in [6, 6.07) is 3.44. The van der Waals surface area contributed by atoms with E-state index in [1.54, 1.807) is 29.2 Å². The first kappa shape index (κ1) is 21.2. The third-order valence-electron chi connectivity index (χ3n) is 4.82. The fourth-order valence-corrected chi connectivity index (χ4v) is 4.64. The number of hydrogen-bond acceptors (Lipinski definition) is 10. The molecule has 160 valence electrons. The average Bonchev–Trinajstić information content (AvgIpc) is 3.41. The van der Waals surface area contributed by atoms with Crippen LogP contribution in [0.1, 0.15) is 24.3 Å². The van der Waals surface area contributed by atoms with Gasteiger partial charge in [-0.1, -0.05) is 42.1 Å². The molecule has 4 rings (SSSR count).